The lowest BCUT2D eigenvalue weighted by Crippen LogP contribution is -2.67. The summed E-state index contributed by atoms with van der Waals surface area (Å²) in [6.07, 6.45) is -19.5. The minimum atomic E-state index is -1.40. The molecular weight excluding hydrogens is 1560 g/mol. The third kappa shape index (κ3) is 20.8. The fraction of sp³-hybridized carbons (Fsp3) is 0.493. The third-order valence-electron chi connectivity index (χ3n) is 18.0. The van der Waals surface area contributed by atoms with Crippen LogP contribution in [0.4, 0.5) is 4.39 Å². The van der Waals surface area contributed by atoms with Gasteiger partial charge in [0.15, 0.2) is 55.5 Å². The number of nitrogens with two attached hydrogens (primary N) is 1. The zero-order chi connectivity index (χ0) is 85.6. The van der Waals surface area contributed by atoms with Crippen molar-refractivity contribution in [1.29, 1.82) is 0 Å². The van der Waals surface area contributed by atoms with Crippen LogP contribution in [0.1, 0.15) is 124 Å². The molecule has 1 aromatic heterocycles. The Morgan fingerprint density at radius 1 is 0.414 bits per heavy atom. The Morgan fingerprint density at radius 2 is 0.672 bits per heavy atom. The number of rotatable bonds is 21. The first-order valence-corrected chi connectivity index (χ1v) is 35.1. The predicted molar refractivity (Wildman–Crippen MR) is 374 cm³/mol. The number of aromatic nitrogens is 2. The van der Waals surface area contributed by atoms with Crippen LogP contribution in [0.25, 0.3) is 0 Å². The van der Waals surface area contributed by atoms with E-state index in [1.54, 1.807) is 36.4 Å². The normalized spacial score (nSPS) is 28.2. The van der Waals surface area contributed by atoms with Gasteiger partial charge in [-0.05, 0) is 36.4 Å². The number of fused-ring (bicyclic) bond motifs is 3. The maximum Gasteiger partial charge on any atom is 0.303 e. The Kier molecular flexibility index (Phi) is 30.8. The summed E-state index contributed by atoms with van der Waals surface area (Å²) in [5.41, 5.74) is 5.57. The summed E-state index contributed by atoms with van der Waals surface area (Å²) in [5.74, 6) is -11.2. The van der Waals surface area contributed by atoms with Crippen molar-refractivity contribution in [2.24, 2.45) is 5.73 Å². The number of esters is 9. The molecule has 4 fully saturated rings. The largest absolute Gasteiger partial charge is 0.463 e. The smallest absolute Gasteiger partial charge is 0.303 e. The number of carbonyl (C=O) groups is 15. The number of hydrogen-bond acceptors (Lipinski definition) is 38. The summed E-state index contributed by atoms with van der Waals surface area (Å²) in [5, 5.41) is 28.3. The summed E-state index contributed by atoms with van der Waals surface area (Å²) >= 11 is 0. The molecule has 6 N–H and O–H groups in total. The first kappa shape index (κ1) is 90.0. The number of nitrogens with zero attached hydrogens (tertiary/aromatic N) is 4. The lowest BCUT2D eigenvalue weighted by molar-refractivity contribution is -0.279. The van der Waals surface area contributed by atoms with Gasteiger partial charge in [0.25, 0.3) is 47.0 Å². The SMILES string of the molecule is COC1OC(COC(C)=O)C(OC(C)=O)C(OC(C)=O)C1N1C(=O)c2ccccc2C1=O.COC1OC(COC(C)=O)C(OC(C)=O)C(OC(C)=O)C1N1C(=O)c2ccccc2C1=O.COC1OC(COC(C)=O)C(OC(C)=O)C(OC(C)=O)C1N1C(=O)c2ccccc2C1=O.NC1C(Oc2ncc(F)c(=O)[nH]2)OC(CO)C(O)C1O. The average Bonchev–Trinajstić information content (AvgIpc) is 1.52. The fourth-order valence-corrected chi connectivity index (χ4v) is 13.2. The van der Waals surface area contributed by atoms with Gasteiger partial charge in [0.05, 0.1) is 52.2 Å². The monoisotopic (exact) mass is 1640 g/mol. The number of halogens is 1. The molecule has 8 heterocycles. The van der Waals surface area contributed by atoms with E-state index in [1.165, 1.54) is 78.5 Å². The van der Waals surface area contributed by atoms with Gasteiger partial charge in [0.2, 0.25) is 12.1 Å². The number of aromatic amines is 1. The Labute approximate surface area is 656 Å². The molecule has 7 aliphatic rings. The van der Waals surface area contributed by atoms with E-state index in [4.69, 9.17) is 91.4 Å². The molecule has 20 unspecified atom stereocenters. The molecule has 0 saturated carbocycles. The molecule has 4 saturated heterocycles. The molecule has 43 heteroatoms. The van der Waals surface area contributed by atoms with Crippen LogP contribution in [-0.4, -0.2) is 299 Å². The van der Waals surface area contributed by atoms with E-state index in [0.717, 1.165) is 56.2 Å². The van der Waals surface area contributed by atoms with Crippen molar-refractivity contribution in [2.75, 3.05) is 47.8 Å². The molecule has 0 radical (unpaired) electrons. The van der Waals surface area contributed by atoms with Crippen molar-refractivity contribution in [3.05, 3.63) is 129 Å². The van der Waals surface area contributed by atoms with Crippen molar-refractivity contribution < 1.29 is 172 Å². The van der Waals surface area contributed by atoms with E-state index in [0.29, 0.717) is 6.20 Å². The zero-order valence-electron chi connectivity index (χ0n) is 63.9. The first-order chi connectivity index (χ1) is 54.9. The van der Waals surface area contributed by atoms with E-state index < -0.39 is 230 Å². The maximum atomic E-state index is 13.1. The van der Waals surface area contributed by atoms with Gasteiger partial charge in [0.1, 0.15) is 74.6 Å². The van der Waals surface area contributed by atoms with E-state index >= 15 is 0 Å². The number of ether oxygens (including phenoxy) is 17. The van der Waals surface area contributed by atoms with Gasteiger partial charge in [-0.3, -0.25) is 96.4 Å². The summed E-state index contributed by atoms with van der Waals surface area (Å²) in [7, 11) is 3.82. The highest BCUT2D eigenvalue weighted by Crippen LogP contribution is 2.40. The number of aliphatic hydroxyl groups is 3. The van der Waals surface area contributed by atoms with Gasteiger partial charge in [0, 0.05) is 83.6 Å². The van der Waals surface area contributed by atoms with E-state index in [2.05, 4.69) is 4.98 Å². The number of methoxy groups -OCH3 is 3. The summed E-state index contributed by atoms with van der Waals surface area (Å²) in [6, 6.07) is 13.3. The van der Waals surface area contributed by atoms with E-state index in [-0.39, 0.29) is 59.2 Å². The highest BCUT2D eigenvalue weighted by molar-refractivity contribution is 6.23. The summed E-state index contributed by atoms with van der Waals surface area (Å²) in [4.78, 5) is 203. The molecule has 42 nitrogen and oxygen atoms in total. The Hall–Kier alpha value is -11.5. The standard InChI is InChI=1S/3C21H23NO10.C10H14FN3O6/c3*1-10(23)29-9-15-17(30-11(2)24)18(31-12(3)25)16(21(28-4)32-15)22-19(26)13-7-5-6-8-14(13)20(22)27;11-3-1-13-10(14-8(3)18)20-9-5(12)7(17)6(16)4(2-15)19-9/h3*5-8,15-18,21H,9H2,1-4H3;1,4-7,9,15-17H,2,12H2,(H,13,14,18). The Bertz CT molecular complexity index is 3980. The maximum absolute atomic E-state index is 13.1. The van der Waals surface area contributed by atoms with Crippen molar-refractivity contribution in [3.8, 4) is 6.01 Å². The van der Waals surface area contributed by atoms with Crippen molar-refractivity contribution in [1.82, 2.24) is 24.7 Å². The number of imide groups is 3. The zero-order valence-corrected chi connectivity index (χ0v) is 63.9. The predicted octanol–water partition coefficient (Wildman–Crippen LogP) is -1.60. The molecule has 7 aliphatic heterocycles. The molecule has 116 heavy (non-hydrogen) atoms. The van der Waals surface area contributed by atoms with Crippen LogP contribution in [0, 0.1) is 5.82 Å². The number of nitrogens with one attached hydrogen (secondary N) is 1. The molecule has 0 spiro atoms. The van der Waals surface area contributed by atoms with Gasteiger partial charge in [-0.15, -0.1) is 0 Å². The molecule has 0 bridgehead atoms. The fourth-order valence-electron chi connectivity index (χ4n) is 13.2. The number of aliphatic hydroxyl groups excluding tert-OH is 3. The second-order valence-electron chi connectivity index (χ2n) is 26.0. The molecule has 6 amide bonds. The molecule has 11 rings (SSSR count). The molecule has 628 valence electrons. The van der Waals surface area contributed by atoms with Crippen LogP contribution >= 0.6 is 0 Å². The van der Waals surface area contributed by atoms with Gasteiger partial charge >= 0.3 is 53.7 Å². The Morgan fingerprint density at radius 3 is 0.905 bits per heavy atom. The van der Waals surface area contributed by atoms with Gasteiger partial charge in [-0.1, -0.05) is 36.4 Å². The number of amides is 6. The Balaban J connectivity index is 0.000000196. The van der Waals surface area contributed by atoms with Crippen LogP contribution in [0.15, 0.2) is 83.8 Å². The topological polar surface area (TPSA) is 555 Å². The number of benzene rings is 3. The van der Waals surface area contributed by atoms with Crippen LogP contribution in [0.2, 0.25) is 0 Å². The highest BCUT2D eigenvalue weighted by Gasteiger charge is 2.61. The number of H-pyrrole nitrogens is 1. The van der Waals surface area contributed by atoms with Crippen LogP contribution in [0.5, 0.6) is 6.01 Å². The quantitative estimate of drug-likeness (QED) is 0.0356. The molecule has 20 atom stereocenters. The van der Waals surface area contributed by atoms with Gasteiger partial charge in [-0.25, -0.2) is 4.98 Å². The number of carbonyl (C=O) groups excluding carboxylic acids is 15. The van der Waals surface area contributed by atoms with Crippen LogP contribution in [-0.2, 0) is 119 Å². The van der Waals surface area contributed by atoms with Crippen molar-refractivity contribution in [2.45, 2.75) is 185 Å². The molecule has 4 aromatic rings. The highest BCUT2D eigenvalue weighted by atomic mass is 19.1. The van der Waals surface area contributed by atoms with E-state index in [1.807, 2.05) is 4.98 Å². The lowest BCUT2D eigenvalue weighted by Gasteiger charge is -2.46. The minimum Gasteiger partial charge on any atom is -0.463 e. The van der Waals surface area contributed by atoms with Crippen molar-refractivity contribution in [3.63, 3.8) is 0 Å². The van der Waals surface area contributed by atoms with Gasteiger partial charge < -0.3 is 102 Å². The third-order valence-corrected chi connectivity index (χ3v) is 18.0. The second kappa shape index (κ2) is 39.7. The van der Waals surface area contributed by atoms with Crippen LogP contribution in [0.3, 0.4) is 0 Å². The molecular formula is C73H83FN6O36. The second-order valence-corrected chi connectivity index (χ2v) is 26.0. The van der Waals surface area contributed by atoms with Gasteiger partial charge in [-0.2, -0.15) is 4.39 Å². The minimum absolute atomic E-state index is 0.167. The lowest BCUT2D eigenvalue weighted by atomic mass is 9.94. The first-order valence-electron chi connectivity index (χ1n) is 35.1. The summed E-state index contributed by atoms with van der Waals surface area (Å²) < 4.78 is 104. The average molecular weight is 1640 g/mol. The van der Waals surface area contributed by atoms with E-state index in [9.17, 15) is 91.3 Å². The van der Waals surface area contributed by atoms with Crippen LogP contribution < -0.4 is 16.0 Å². The molecule has 3 aromatic carbocycles. The number of hydrogen-bond donors (Lipinski definition) is 5. The van der Waals surface area contributed by atoms with Crippen molar-refractivity contribution >= 4 is 89.2 Å². The summed E-state index contributed by atoms with van der Waals surface area (Å²) in [6.45, 7) is 8.71. The molecule has 0 aliphatic carbocycles.